The van der Waals surface area contributed by atoms with E-state index in [1.165, 1.54) is 18.3 Å². The third kappa shape index (κ3) is 5.83. The first-order valence-corrected chi connectivity index (χ1v) is 12.5. The van der Waals surface area contributed by atoms with Gasteiger partial charge in [0, 0.05) is 24.9 Å². The molecule has 38 heavy (non-hydrogen) atoms. The van der Waals surface area contributed by atoms with Gasteiger partial charge in [-0.1, -0.05) is 0 Å². The molecule has 0 aliphatic carbocycles. The number of halogens is 1. The molecule has 3 aromatic rings. The van der Waals surface area contributed by atoms with Crippen LogP contribution in [0.2, 0.25) is 0 Å². The van der Waals surface area contributed by atoms with E-state index in [0.717, 1.165) is 19.4 Å². The van der Waals surface area contributed by atoms with Crippen molar-refractivity contribution in [3.8, 4) is 28.7 Å². The van der Waals surface area contributed by atoms with Crippen LogP contribution in [-0.4, -0.2) is 76.6 Å². The van der Waals surface area contributed by atoms with Crippen LogP contribution in [0.5, 0.6) is 6.01 Å². The molecule has 12 heteroatoms. The van der Waals surface area contributed by atoms with E-state index in [9.17, 15) is 9.18 Å². The number of carbonyl (C=O) groups excluding carboxylic acids is 1. The molecule has 11 nitrogen and oxygen atoms in total. The number of ether oxygens (including phenoxy) is 4. The number of carbonyl (C=O) groups is 1. The van der Waals surface area contributed by atoms with Crippen molar-refractivity contribution in [3.05, 3.63) is 48.2 Å². The lowest BCUT2D eigenvalue weighted by molar-refractivity contribution is -0.231. The van der Waals surface area contributed by atoms with Crippen molar-refractivity contribution in [1.29, 1.82) is 0 Å². The minimum absolute atomic E-state index is 0.0449. The minimum Gasteiger partial charge on any atom is -0.461 e. The number of H-pyrrole nitrogens is 1. The molecule has 4 heterocycles. The van der Waals surface area contributed by atoms with Crippen LogP contribution in [-0.2, 0) is 19.0 Å². The monoisotopic (exact) mass is 527 g/mol. The van der Waals surface area contributed by atoms with Gasteiger partial charge in [-0.05, 0) is 50.1 Å². The maximum Gasteiger partial charge on any atom is 0.317 e. The molecule has 2 fully saturated rings. The molecule has 1 unspecified atom stereocenters. The van der Waals surface area contributed by atoms with Crippen molar-refractivity contribution in [2.75, 3.05) is 39.6 Å². The van der Waals surface area contributed by atoms with Crippen LogP contribution >= 0.6 is 0 Å². The number of imidazole rings is 1. The Labute approximate surface area is 218 Å². The second-order valence-corrected chi connectivity index (χ2v) is 9.51. The number of nitrogens with one attached hydrogen (secondary N) is 2. The average Bonchev–Trinajstić information content (AvgIpc) is 3.62. The first kappa shape index (κ1) is 26.2. The van der Waals surface area contributed by atoms with Gasteiger partial charge in [0.1, 0.15) is 12.4 Å². The second kappa shape index (κ2) is 11.5. The highest BCUT2D eigenvalue weighted by Crippen LogP contribution is 2.35. The van der Waals surface area contributed by atoms with Gasteiger partial charge in [-0.2, -0.15) is 4.98 Å². The summed E-state index contributed by atoms with van der Waals surface area (Å²) >= 11 is 0. The molecule has 1 aromatic carbocycles. The molecule has 202 valence electrons. The summed E-state index contributed by atoms with van der Waals surface area (Å²) in [4.78, 5) is 29.2. The number of aliphatic hydroxyl groups excluding tert-OH is 1. The van der Waals surface area contributed by atoms with Gasteiger partial charge in [0.05, 0.1) is 48.4 Å². The molecular formula is C26H30FN5O6. The van der Waals surface area contributed by atoms with Crippen molar-refractivity contribution in [1.82, 2.24) is 25.3 Å². The second-order valence-electron chi connectivity index (χ2n) is 9.51. The third-order valence-electron chi connectivity index (χ3n) is 6.44. The Hall–Kier alpha value is -3.45. The van der Waals surface area contributed by atoms with E-state index in [0.29, 0.717) is 35.0 Å². The predicted octanol–water partition coefficient (Wildman–Crippen LogP) is 2.39. The molecule has 1 amide bonds. The number of hydrogen-bond acceptors (Lipinski definition) is 9. The highest BCUT2D eigenvalue weighted by atomic mass is 19.1. The Bertz CT molecular complexity index is 1240. The number of aliphatic hydroxyl groups is 1. The van der Waals surface area contributed by atoms with E-state index < -0.39 is 11.7 Å². The van der Waals surface area contributed by atoms with Crippen LogP contribution in [0.15, 0.2) is 36.5 Å². The third-order valence-corrected chi connectivity index (χ3v) is 6.44. The van der Waals surface area contributed by atoms with Crippen LogP contribution in [0.1, 0.15) is 31.9 Å². The van der Waals surface area contributed by atoms with Gasteiger partial charge in [0.15, 0.2) is 5.82 Å². The fourth-order valence-electron chi connectivity index (χ4n) is 4.31. The summed E-state index contributed by atoms with van der Waals surface area (Å²) in [7, 11) is 0. The summed E-state index contributed by atoms with van der Waals surface area (Å²) in [5, 5.41) is 12.0. The summed E-state index contributed by atoms with van der Waals surface area (Å²) in [5.74, 6) is -0.156. The number of rotatable bonds is 9. The normalized spacial score (nSPS) is 23.3. The van der Waals surface area contributed by atoms with E-state index in [4.69, 9.17) is 29.0 Å². The van der Waals surface area contributed by atoms with Crippen molar-refractivity contribution in [2.45, 2.75) is 32.2 Å². The van der Waals surface area contributed by atoms with Crippen LogP contribution < -0.4 is 10.1 Å². The van der Waals surface area contributed by atoms with E-state index in [2.05, 4.69) is 20.3 Å². The largest absolute Gasteiger partial charge is 0.461 e. The van der Waals surface area contributed by atoms with Crippen molar-refractivity contribution >= 4 is 5.91 Å². The maximum atomic E-state index is 13.6. The van der Waals surface area contributed by atoms with Crippen molar-refractivity contribution in [2.24, 2.45) is 5.41 Å². The molecule has 1 atom stereocenters. The lowest BCUT2D eigenvalue weighted by atomic mass is 9.91. The van der Waals surface area contributed by atoms with Crippen molar-refractivity contribution < 1.29 is 33.2 Å². The van der Waals surface area contributed by atoms with E-state index >= 15 is 0 Å². The van der Waals surface area contributed by atoms with Gasteiger partial charge in [0.2, 0.25) is 12.2 Å². The fraction of sp³-hybridized carbons (Fsp3) is 0.462. The number of aromatic nitrogens is 4. The summed E-state index contributed by atoms with van der Waals surface area (Å²) in [6, 6.07) is 7.68. The van der Waals surface area contributed by atoms with Gasteiger partial charge in [0.25, 0.3) is 0 Å². The fourth-order valence-corrected chi connectivity index (χ4v) is 4.31. The maximum absolute atomic E-state index is 13.6. The van der Waals surface area contributed by atoms with E-state index in [-0.39, 0.29) is 50.3 Å². The first-order valence-electron chi connectivity index (χ1n) is 12.5. The number of benzene rings is 1. The van der Waals surface area contributed by atoms with Crippen LogP contribution in [0.25, 0.3) is 22.6 Å². The van der Waals surface area contributed by atoms with Gasteiger partial charge in [-0.15, -0.1) is 0 Å². The Balaban J connectivity index is 1.35. The highest BCUT2D eigenvalue weighted by molar-refractivity contribution is 5.82. The number of nitrogens with zero attached hydrogens (tertiary/aromatic N) is 3. The summed E-state index contributed by atoms with van der Waals surface area (Å²) in [5.41, 5.74) is 1.28. The average molecular weight is 528 g/mol. The quantitative estimate of drug-likeness (QED) is 0.383. The molecular weight excluding hydrogens is 497 g/mol. The van der Waals surface area contributed by atoms with E-state index in [1.54, 1.807) is 25.1 Å². The molecule has 2 aliphatic heterocycles. The van der Waals surface area contributed by atoms with Crippen LogP contribution in [0.4, 0.5) is 4.39 Å². The SMILES string of the molecule is CC1(C(=O)NCC2CCCO2)COC(c2nc(-c3ccc(F)cc3)c(-c3ccnc(OCCO)n3)[nH]2)OC1. The minimum atomic E-state index is -0.865. The van der Waals surface area contributed by atoms with E-state index in [1.807, 2.05) is 0 Å². The molecule has 5 rings (SSSR count). The lowest BCUT2D eigenvalue weighted by Gasteiger charge is -2.35. The molecule has 2 aromatic heterocycles. The zero-order valence-electron chi connectivity index (χ0n) is 21.0. The summed E-state index contributed by atoms with van der Waals surface area (Å²) < 4.78 is 36.4. The molecule has 0 bridgehead atoms. The number of aromatic amines is 1. The van der Waals surface area contributed by atoms with Gasteiger partial charge >= 0.3 is 6.01 Å². The smallest absolute Gasteiger partial charge is 0.317 e. The Morgan fingerprint density at radius 2 is 2.00 bits per heavy atom. The number of hydrogen-bond donors (Lipinski definition) is 3. The molecule has 0 spiro atoms. The molecule has 2 saturated heterocycles. The highest BCUT2D eigenvalue weighted by Gasteiger charge is 2.41. The van der Waals surface area contributed by atoms with Crippen molar-refractivity contribution in [3.63, 3.8) is 0 Å². The molecule has 3 N–H and O–H groups in total. The van der Waals surface area contributed by atoms with Crippen LogP contribution in [0.3, 0.4) is 0 Å². The topological polar surface area (TPSA) is 141 Å². The lowest BCUT2D eigenvalue weighted by Crippen LogP contribution is -2.49. The summed E-state index contributed by atoms with van der Waals surface area (Å²) in [6.45, 7) is 3.11. The Morgan fingerprint density at radius 3 is 2.71 bits per heavy atom. The first-order chi connectivity index (χ1) is 18.4. The number of amides is 1. The Kier molecular flexibility index (Phi) is 7.93. The van der Waals surface area contributed by atoms with Gasteiger partial charge in [-0.25, -0.2) is 14.4 Å². The molecule has 2 aliphatic rings. The summed E-state index contributed by atoms with van der Waals surface area (Å²) in [6.07, 6.45) is 2.66. The zero-order chi connectivity index (χ0) is 26.5. The van der Waals surface area contributed by atoms with Crippen LogP contribution in [0, 0.1) is 11.2 Å². The standard InChI is InChI=1S/C26H30FN5O6/c1-26(24(34)29-13-18-3-2-11-35-18)14-37-23(38-15-26)22-31-20(16-4-6-17(27)7-5-16)21(32-22)19-8-9-28-25(30-19)36-12-10-33/h4-9,18,23,33H,2-3,10-15H2,1H3,(H,29,34)(H,31,32). The molecule has 0 saturated carbocycles. The zero-order valence-corrected chi connectivity index (χ0v) is 21.0. The Morgan fingerprint density at radius 1 is 1.21 bits per heavy atom. The van der Waals surface area contributed by atoms with Gasteiger partial charge in [-0.3, -0.25) is 4.79 Å². The van der Waals surface area contributed by atoms with Gasteiger partial charge < -0.3 is 34.4 Å². The predicted molar refractivity (Wildman–Crippen MR) is 132 cm³/mol. The molecule has 0 radical (unpaired) electrons.